The van der Waals surface area contributed by atoms with Crippen molar-refractivity contribution in [1.82, 2.24) is 10.6 Å². The van der Waals surface area contributed by atoms with Gasteiger partial charge in [0.15, 0.2) is 0 Å². The van der Waals surface area contributed by atoms with Gasteiger partial charge in [0.2, 0.25) is 0 Å². The molecule has 14 heavy (non-hydrogen) atoms. The first-order valence-electron chi connectivity index (χ1n) is 5.41. The number of hydrogen-bond donors (Lipinski definition) is 2. The fraction of sp³-hybridized carbons (Fsp3) is 0.900. The molecule has 2 amide bonds. The number of carbonyl (C=O) groups is 1. The van der Waals surface area contributed by atoms with Gasteiger partial charge in [-0.3, -0.25) is 0 Å². The number of rotatable bonds is 5. The number of hydrogen-bond acceptors (Lipinski definition) is 1. The summed E-state index contributed by atoms with van der Waals surface area (Å²) < 4.78 is 0. The van der Waals surface area contributed by atoms with Crippen LogP contribution in [0.2, 0.25) is 0 Å². The molecule has 2 rings (SSSR count). The van der Waals surface area contributed by atoms with E-state index in [4.69, 9.17) is 11.6 Å². The van der Waals surface area contributed by atoms with Gasteiger partial charge in [-0.05, 0) is 37.5 Å². The molecule has 0 aromatic carbocycles. The predicted molar refractivity (Wildman–Crippen MR) is 56.5 cm³/mol. The van der Waals surface area contributed by atoms with Gasteiger partial charge in [0.1, 0.15) is 0 Å². The molecule has 0 saturated heterocycles. The summed E-state index contributed by atoms with van der Waals surface area (Å²) >= 11 is 5.49. The van der Waals surface area contributed by atoms with Gasteiger partial charge in [0, 0.05) is 18.5 Å². The maximum absolute atomic E-state index is 11.4. The van der Waals surface area contributed by atoms with Crippen molar-refractivity contribution in [3.63, 3.8) is 0 Å². The summed E-state index contributed by atoms with van der Waals surface area (Å²) in [5, 5.41) is 5.81. The highest BCUT2D eigenvalue weighted by molar-refractivity contribution is 6.18. The van der Waals surface area contributed by atoms with Gasteiger partial charge >= 0.3 is 6.03 Å². The Balaban J connectivity index is 1.72. The predicted octanol–water partition coefficient (Wildman–Crippen LogP) is 1.71. The van der Waals surface area contributed by atoms with E-state index in [1.54, 1.807) is 0 Å². The van der Waals surface area contributed by atoms with Crippen molar-refractivity contribution in [3.05, 3.63) is 0 Å². The standard InChI is InChI=1S/C10H17ClN2O/c11-5-6-12-10(14)13-9(7-1-2-7)8-3-4-8/h7-9H,1-6H2,(H2,12,13,14). The third kappa shape index (κ3) is 2.77. The molecule has 3 nitrogen and oxygen atoms in total. The maximum Gasteiger partial charge on any atom is 0.315 e. The van der Waals surface area contributed by atoms with E-state index >= 15 is 0 Å². The quantitative estimate of drug-likeness (QED) is 0.675. The maximum atomic E-state index is 11.4. The van der Waals surface area contributed by atoms with Gasteiger partial charge in [0.25, 0.3) is 0 Å². The van der Waals surface area contributed by atoms with Crippen LogP contribution in [0.4, 0.5) is 4.79 Å². The minimum Gasteiger partial charge on any atom is -0.337 e. The topological polar surface area (TPSA) is 41.1 Å². The van der Waals surface area contributed by atoms with Gasteiger partial charge in [-0.2, -0.15) is 0 Å². The zero-order valence-corrected chi connectivity index (χ0v) is 9.02. The van der Waals surface area contributed by atoms with Gasteiger partial charge in [-0.15, -0.1) is 11.6 Å². The minimum absolute atomic E-state index is 0.0468. The van der Waals surface area contributed by atoms with Gasteiger partial charge in [-0.25, -0.2) is 4.79 Å². The molecule has 0 spiro atoms. The van der Waals surface area contributed by atoms with Crippen LogP contribution < -0.4 is 10.6 Å². The van der Waals surface area contributed by atoms with Crippen molar-refractivity contribution in [3.8, 4) is 0 Å². The molecule has 80 valence electrons. The summed E-state index contributed by atoms with van der Waals surface area (Å²) in [6.07, 6.45) is 5.15. The Morgan fingerprint density at radius 1 is 1.29 bits per heavy atom. The number of amides is 2. The monoisotopic (exact) mass is 216 g/mol. The van der Waals surface area contributed by atoms with E-state index < -0.39 is 0 Å². The van der Waals surface area contributed by atoms with Crippen LogP contribution in [0.15, 0.2) is 0 Å². The molecule has 0 aromatic heterocycles. The summed E-state index contributed by atoms with van der Waals surface area (Å²) in [7, 11) is 0. The van der Waals surface area contributed by atoms with E-state index in [9.17, 15) is 4.79 Å². The first-order chi connectivity index (χ1) is 6.81. The first-order valence-corrected chi connectivity index (χ1v) is 5.95. The summed E-state index contributed by atoms with van der Waals surface area (Å²) in [4.78, 5) is 11.4. The van der Waals surface area contributed by atoms with E-state index in [2.05, 4.69) is 10.6 Å². The summed E-state index contributed by atoms with van der Waals surface area (Å²) in [5.41, 5.74) is 0. The number of nitrogens with one attached hydrogen (secondary N) is 2. The molecule has 2 fully saturated rings. The van der Waals surface area contributed by atoms with Crippen LogP contribution in [0.1, 0.15) is 25.7 Å². The lowest BCUT2D eigenvalue weighted by Gasteiger charge is -2.17. The van der Waals surface area contributed by atoms with Gasteiger partial charge in [0.05, 0.1) is 0 Å². The molecule has 0 radical (unpaired) electrons. The lowest BCUT2D eigenvalue weighted by Crippen LogP contribution is -2.44. The van der Waals surface area contributed by atoms with Crippen LogP contribution in [0.3, 0.4) is 0 Å². The van der Waals surface area contributed by atoms with Crippen LogP contribution in [0.5, 0.6) is 0 Å². The molecule has 2 N–H and O–H groups in total. The Morgan fingerprint density at radius 3 is 2.29 bits per heavy atom. The lowest BCUT2D eigenvalue weighted by atomic mass is 10.1. The molecule has 2 aliphatic carbocycles. The molecule has 2 saturated carbocycles. The van der Waals surface area contributed by atoms with E-state index in [-0.39, 0.29) is 6.03 Å². The zero-order valence-electron chi connectivity index (χ0n) is 8.26. The van der Waals surface area contributed by atoms with E-state index in [0.29, 0.717) is 18.5 Å². The van der Waals surface area contributed by atoms with E-state index in [1.807, 2.05) is 0 Å². The molecule has 0 atom stereocenters. The second-order valence-electron chi connectivity index (χ2n) is 4.29. The van der Waals surface area contributed by atoms with Crippen LogP contribution in [0, 0.1) is 11.8 Å². The second kappa shape index (κ2) is 4.39. The molecule has 0 bridgehead atoms. The third-order valence-electron chi connectivity index (χ3n) is 2.94. The molecule has 0 unspecified atom stereocenters. The molecule has 0 heterocycles. The highest BCUT2D eigenvalue weighted by Crippen LogP contribution is 2.44. The van der Waals surface area contributed by atoms with Crippen molar-refractivity contribution >= 4 is 17.6 Å². The summed E-state index contributed by atoms with van der Waals surface area (Å²) in [6, 6.07) is 0.389. The summed E-state index contributed by atoms with van der Waals surface area (Å²) in [5.74, 6) is 1.98. The average Bonchev–Trinajstić information content (AvgIpc) is 3.04. The first kappa shape index (κ1) is 10.1. The fourth-order valence-corrected chi connectivity index (χ4v) is 1.99. The van der Waals surface area contributed by atoms with Crippen molar-refractivity contribution in [2.75, 3.05) is 12.4 Å². The van der Waals surface area contributed by atoms with Gasteiger partial charge in [-0.1, -0.05) is 0 Å². The van der Waals surface area contributed by atoms with Crippen molar-refractivity contribution in [1.29, 1.82) is 0 Å². The Bertz CT molecular complexity index is 202. The second-order valence-corrected chi connectivity index (χ2v) is 4.67. The van der Waals surface area contributed by atoms with Crippen LogP contribution in [-0.4, -0.2) is 24.5 Å². The minimum atomic E-state index is -0.0468. The largest absolute Gasteiger partial charge is 0.337 e. The highest BCUT2D eigenvalue weighted by Gasteiger charge is 2.42. The Labute approximate surface area is 89.6 Å². The SMILES string of the molecule is O=C(NCCCl)NC(C1CC1)C1CC1. The number of urea groups is 1. The average molecular weight is 217 g/mol. The molecular formula is C10H17ClN2O. The number of halogens is 1. The molecule has 0 aromatic rings. The van der Waals surface area contributed by atoms with E-state index in [0.717, 1.165) is 11.8 Å². The normalized spacial score (nSPS) is 21.0. The highest BCUT2D eigenvalue weighted by atomic mass is 35.5. The Kier molecular flexibility index (Phi) is 3.16. The molecule has 4 heteroatoms. The number of alkyl halides is 1. The van der Waals surface area contributed by atoms with Crippen molar-refractivity contribution in [2.24, 2.45) is 11.8 Å². The molecular weight excluding hydrogens is 200 g/mol. The fourth-order valence-electron chi connectivity index (χ4n) is 1.89. The van der Waals surface area contributed by atoms with Crippen LogP contribution in [0.25, 0.3) is 0 Å². The van der Waals surface area contributed by atoms with E-state index in [1.165, 1.54) is 25.7 Å². The molecule has 2 aliphatic rings. The number of carbonyl (C=O) groups excluding carboxylic acids is 1. The van der Waals surface area contributed by atoms with Crippen molar-refractivity contribution < 1.29 is 4.79 Å². The third-order valence-corrected chi connectivity index (χ3v) is 3.13. The van der Waals surface area contributed by atoms with Crippen LogP contribution in [-0.2, 0) is 0 Å². The Morgan fingerprint density at radius 2 is 1.86 bits per heavy atom. The Hall–Kier alpha value is -0.440. The lowest BCUT2D eigenvalue weighted by molar-refractivity contribution is 0.234. The van der Waals surface area contributed by atoms with Crippen molar-refractivity contribution in [2.45, 2.75) is 31.7 Å². The zero-order chi connectivity index (χ0) is 9.97. The molecule has 0 aliphatic heterocycles. The smallest absolute Gasteiger partial charge is 0.315 e. The van der Waals surface area contributed by atoms with Crippen LogP contribution >= 0.6 is 11.6 Å². The van der Waals surface area contributed by atoms with Gasteiger partial charge < -0.3 is 10.6 Å². The summed E-state index contributed by atoms with van der Waals surface area (Å²) in [6.45, 7) is 0.551.